The molecular weight excluding hydrogens is 439 g/mol. The first-order valence-electron chi connectivity index (χ1n) is 9.96. The SMILES string of the molecule is CCCNC(=O)[C@@H](C)N(Cc1ccc(Cl)c(Cl)c1)C(=O)CSCc1ccc(C)cc1. The van der Waals surface area contributed by atoms with E-state index < -0.39 is 6.04 Å². The number of nitrogens with one attached hydrogen (secondary N) is 1. The molecule has 0 fully saturated rings. The molecule has 0 aliphatic rings. The second kappa shape index (κ2) is 12.2. The van der Waals surface area contributed by atoms with Crippen molar-refractivity contribution in [3.8, 4) is 0 Å². The summed E-state index contributed by atoms with van der Waals surface area (Å²) in [6.07, 6.45) is 0.839. The Morgan fingerprint density at radius 1 is 1.07 bits per heavy atom. The third kappa shape index (κ3) is 7.53. The Kier molecular flexibility index (Phi) is 10.0. The van der Waals surface area contributed by atoms with Gasteiger partial charge in [-0.2, -0.15) is 0 Å². The molecule has 0 aliphatic carbocycles. The van der Waals surface area contributed by atoms with Gasteiger partial charge in [0, 0.05) is 18.8 Å². The lowest BCUT2D eigenvalue weighted by Crippen LogP contribution is -2.48. The summed E-state index contributed by atoms with van der Waals surface area (Å²) in [5.74, 6) is 0.787. The van der Waals surface area contributed by atoms with E-state index in [1.54, 1.807) is 35.7 Å². The lowest BCUT2D eigenvalue weighted by molar-refractivity contribution is -0.138. The third-order valence-electron chi connectivity index (χ3n) is 4.67. The fraction of sp³-hybridized carbons (Fsp3) is 0.391. The lowest BCUT2D eigenvalue weighted by atomic mass is 10.1. The van der Waals surface area contributed by atoms with E-state index in [2.05, 4.69) is 29.6 Å². The first-order chi connectivity index (χ1) is 14.3. The van der Waals surface area contributed by atoms with E-state index in [-0.39, 0.29) is 11.8 Å². The van der Waals surface area contributed by atoms with Gasteiger partial charge in [0.05, 0.1) is 15.8 Å². The predicted octanol–water partition coefficient (Wildman–Crippen LogP) is 5.48. The normalized spacial score (nSPS) is 11.8. The zero-order chi connectivity index (χ0) is 22.1. The Balaban J connectivity index is 2.07. The van der Waals surface area contributed by atoms with Gasteiger partial charge in [0.15, 0.2) is 0 Å². The molecule has 0 saturated heterocycles. The van der Waals surface area contributed by atoms with Gasteiger partial charge < -0.3 is 10.2 Å². The Bertz CT molecular complexity index is 859. The summed E-state index contributed by atoms with van der Waals surface area (Å²) >= 11 is 13.7. The van der Waals surface area contributed by atoms with Crippen LogP contribution in [0.5, 0.6) is 0 Å². The summed E-state index contributed by atoms with van der Waals surface area (Å²) in [5, 5.41) is 3.76. The molecule has 2 rings (SSSR count). The van der Waals surface area contributed by atoms with Crippen LogP contribution in [0.1, 0.15) is 37.0 Å². The number of nitrogens with zero attached hydrogens (tertiary/aromatic N) is 1. The standard InChI is InChI=1S/C23H28Cl2N2O2S/c1-4-11-26-23(29)17(3)27(13-19-9-10-20(24)21(25)12-19)22(28)15-30-14-18-7-5-16(2)6-8-18/h5-10,12,17H,4,11,13-15H2,1-3H3,(H,26,29)/t17-/m1/s1. The highest BCUT2D eigenvalue weighted by atomic mass is 35.5. The minimum atomic E-state index is -0.585. The van der Waals surface area contributed by atoms with Gasteiger partial charge in [-0.15, -0.1) is 11.8 Å². The molecule has 0 aliphatic heterocycles. The Morgan fingerprint density at radius 2 is 1.73 bits per heavy atom. The molecule has 2 aromatic rings. The van der Waals surface area contributed by atoms with Crippen LogP contribution in [0.3, 0.4) is 0 Å². The lowest BCUT2D eigenvalue weighted by Gasteiger charge is -2.29. The first-order valence-corrected chi connectivity index (χ1v) is 11.9. The van der Waals surface area contributed by atoms with E-state index in [1.807, 2.05) is 19.9 Å². The van der Waals surface area contributed by atoms with E-state index >= 15 is 0 Å². The van der Waals surface area contributed by atoms with Crippen LogP contribution in [-0.2, 0) is 21.9 Å². The molecule has 0 saturated carbocycles. The van der Waals surface area contributed by atoms with Crippen molar-refractivity contribution in [2.24, 2.45) is 0 Å². The summed E-state index contributed by atoms with van der Waals surface area (Å²) < 4.78 is 0. The van der Waals surface area contributed by atoms with Crippen molar-refractivity contribution in [2.75, 3.05) is 12.3 Å². The zero-order valence-electron chi connectivity index (χ0n) is 17.6. The molecule has 0 unspecified atom stereocenters. The van der Waals surface area contributed by atoms with E-state index in [1.165, 1.54) is 11.1 Å². The van der Waals surface area contributed by atoms with Crippen molar-refractivity contribution in [3.63, 3.8) is 0 Å². The predicted molar refractivity (Wildman–Crippen MR) is 127 cm³/mol. The third-order valence-corrected chi connectivity index (χ3v) is 6.40. The van der Waals surface area contributed by atoms with Gasteiger partial charge in [-0.25, -0.2) is 0 Å². The number of benzene rings is 2. The average molecular weight is 467 g/mol. The second-order valence-corrected chi connectivity index (χ2v) is 9.02. The van der Waals surface area contributed by atoms with E-state index in [0.29, 0.717) is 28.9 Å². The maximum Gasteiger partial charge on any atom is 0.242 e. The molecule has 7 heteroatoms. The molecule has 0 spiro atoms. The second-order valence-electron chi connectivity index (χ2n) is 7.22. The average Bonchev–Trinajstić information content (AvgIpc) is 2.73. The summed E-state index contributed by atoms with van der Waals surface area (Å²) in [5.41, 5.74) is 3.21. The molecule has 2 aromatic carbocycles. The van der Waals surface area contributed by atoms with E-state index in [0.717, 1.165) is 17.7 Å². The molecule has 1 atom stereocenters. The van der Waals surface area contributed by atoms with Crippen molar-refractivity contribution in [3.05, 3.63) is 69.2 Å². The van der Waals surface area contributed by atoms with Crippen molar-refractivity contribution in [2.45, 2.75) is 45.5 Å². The maximum absolute atomic E-state index is 13.0. The van der Waals surface area contributed by atoms with Crippen LogP contribution >= 0.6 is 35.0 Å². The number of carbonyl (C=O) groups excluding carboxylic acids is 2. The van der Waals surface area contributed by atoms with E-state index in [9.17, 15) is 9.59 Å². The van der Waals surface area contributed by atoms with Gasteiger partial charge in [-0.1, -0.05) is 66.0 Å². The Hall–Kier alpha value is -1.69. The van der Waals surface area contributed by atoms with Crippen molar-refractivity contribution >= 4 is 46.8 Å². The van der Waals surface area contributed by atoms with Gasteiger partial charge >= 0.3 is 0 Å². The first kappa shape index (κ1) is 24.6. The molecule has 30 heavy (non-hydrogen) atoms. The van der Waals surface area contributed by atoms with Crippen LogP contribution in [-0.4, -0.2) is 35.1 Å². The highest BCUT2D eigenvalue weighted by molar-refractivity contribution is 7.99. The van der Waals surface area contributed by atoms with Gasteiger partial charge in [0.2, 0.25) is 11.8 Å². The molecule has 4 nitrogen and oxygen atoms in total. The molecule has 1 N–H and O–H groups in total. The molecule has 0 radical (unpaired) electrons. The summed E-state index contributed by atoms with van der Waals surface area (Å²) in [6, 6.07) is 12.9. The number of rotatable bonds is 10. The number of hydrogen-bond donors (Lipinski definition) is 1. The van der Waals surface area contributed by atoms with Crippen LogP contribution in [0.15, 0.2) is 42.5 Å². The monoisotopic (exact) mass is 466 g/mol. The number of halogens is 2. The van der Waals surface area contributed by atoms with Gasteiger partial charge in [0.1, 0.15) is 6.04 Å². The Labute approximate surface area is 193 Å². The summed E-state index contributed by atoms with van der Waals surface area (Å²) in [7, 11) is 0. The van der Waals surface area contributed by atoms with Gasteiger partial charge in [0.25, 0.3) is 0 Å². The highest BCUT2D eigenvalue weighted by Crippen LogP contribution is 2.24. The fourth-order valence-electron chi connectivity index (χ4n) is 2.84. The van der Waals surface area contributed by atoms with Gasteiger partial charge in [-0.3, -0.25) is 9.59 Å². The topological polar surface area (TPSA) is 49.4 Å². The Morgan fingerprint density at radius 3 is 2.37 bits per heavy atom. The van der Waals surface area contributed by atoms with Crippen molar-refractivity contribution in [1.29, 1.82) is 0 Å². The quantitative estimate of drug-likeness (QED) is 0.504. The van der Waals surface area contributed by atoms with Crippen LogP contribution in [0.2, 0.25) is 10.0 Å². The number of amides is 2. The molecule has 0 aromatic heterocycles. The largest absolute Gasteiger partial charge is 0.354 e. The number of thioether (sulfide) groups is 1. The van der Waals surface area contributed by atoms with Crippen molar-refractivity contribution < 1.29 is 9.59 Å². The smallest absolute Gasteiger partial charge is 0.242 e. The summed E-state index contributed by atoms with van der Waals surface area (Å²) in [4.78, 5) is 27.2. The number of aryl methyl sites for hydroxylation is 1. The highest BCUT2D eigenvalue weighted by Gasteiger charge is 2.26. The maximum atomic E-state index is 13.0. The van der Waals surface area contributed by atoms with Crippen LogP contribution in [0.25, 0.3) is 0 Å². The summed E-state index contributed by atoms with van der Waals surface area (Å²) in [6.45, 7) is 6.67. The number of carbonyl (C=O) groups is 2. The van der Waals surface area contributed by atoms with Crippen LogP contribution in [0, 0.1) is 6.92 Å². The zero-order valence-corrected chi connectivity index (χ0v) is 19.9. The van der Waals surface area contributed by atoms with Crippen molar-refractivity contribution in [1.82, 2.24) is 10.2 Å². The molecule has 0 bridgehead atoms. The van der Waals surface area contributed by atoms with E-state index in [4.69, 9.17) is 23.2 Å². The minimum Gasteiger partial charge on any atom is -0.354 e. The van der Waals surface area contributed by atoms with Crippen LogP contribution < -0.4 is 5.32 Å². The van der Waals surface area contributed by atoms with Gasteiger partial charge in [-0.05, 0) is 43.5 Å². The molecule has 0 heterocycles. The minimum absolute atomic E-state index is 0.0858. The molecule has 162 valence electrons. The molecule has 2 amide bonds. The fourth-order valence-corrected chi connectivity index (χ4v) is 4.03. The number of hydrogen-bond acceptors (Lipinski definition) is 3. The molecular formula is C23H28Cl2N2O2S. The van der Waals surface area contributed by atoms with Crippen LogP contribution in [0.4, 0.5) is 0 Å².